The highest BCUT2D eigenvalue weighted by atomic mass is 127. The van der Waals surface area contributed by atoms with E-state index in [1.807, 2.05) is 43.3 Å². The van der Waals surface area contributed by atoms with Gasteiger partial charge in [-0.2, -0.15) is 0 Å². The van der Waals surface area contributed by atoms with E-state index in [0.29, 0.717) is 13.2 Å². The lowest BCUT2D eigenvalue weighted by Gasteiger charge is -2.14. The summed E-state index contributed by atoms with van der Waals surface area (Å²) in [5.41, 5.74) is 2.31. The van der Waals surface area contributed by atoms with Crippen LogP contribution in [0.1, 0.15) is 18.1 Å². The minimum atomic E-state index is 0. The summed E-state index contributed by atoms with van der Waals surface area (Å²) in [5.74, 6) is 2.26. The molecule has 0 radical (unpaired) electrons. The maximum Gasteiger partial charge on any atom is 0.191 e. The molecule has 0 aliphatic heterocycles. The molecule has 0 heterocycles. The number of methoxy groups -OCH3 is 1. The third kappa shape index (κ3) is 6.81. The van der Waals surface area contributed by atoms with Crippen LogP contribution in [-0.2, 0) is 13.1 Å². The van der Waals surface area contributed by atoms with Gasteiger partial charge in [0.2, 0.25) is 0 Å². The molecule has 0 saturated carbocycles. The zero-order chi connectivity index (χ0) is 17.2. The molecule has 136 valence electrons. The molecule has 0 aliphatic carbocycles. The van der Waals surface area contributed by atoms with Gasteiger partial charge in [-0.05, 0) is 30.2 Å². The number of aliphatic imine (C=N–C) groups is 1. The number of hydrogen-bond acceptors (Lipinski definition) is 3. The summed E-state index contributed by atoms with van der Waals surface area (Å²) in [6, 6.07) is 16.1. The van der Waals surface area contributed by atoms with Crippen LogP contribution in [0.3, 0.4) is 0 Å². The number of nitrogens with zero attached hydrogens (tertiary/aromatic N) is 1. The SMILES string of the molecule is CCOc1ccc(CNC(=NC)NCc2ccccc2)cc1OC.I. The van der Waals surface area contributed by atoms with Crippen molar-refractivity contribution in [3.05, 3.63) is 59.7 Å². The normalized spacial score (nSPS) is 10.6. The second kappa shape index (κ2) is 11.6. The monoisotopic (exact) mass is 455 g/mol. The minimum Gasteiger partial charge on any atom is -0.493 e. The van der Waals surface area contributed by atoms with Gasteiger partial charge in [0, 0.05) is 20.1 Å². The second-order valence-electron chi connectivity index (χ2n) is 5.18. The fourth-order valence-corrected chi connectivity index (χ4v) is 2.28. The first-order valence-corrected chi connectivity index (χ1v) is 8.05. The van der Waals surface area contributed by atoms with Gasteiger partial charge in [-0.15, -0.1) is 24.0 Å². The van der Waals surface area contributed by atoms with Crippen molar-refractivity contribution in [1.29, 1.82) is 0 Å². The van der Waals surface area contributed by atoms with Crippen LogP contribution >= 0.6 is 24.0 Å². The maximum absolute atomic E-state index is 5.54. The largest absolute Gasteiger partial charge is 0.493 e. The Morgan fingerprint density at radius 2 is 1.64 bits per heavy atom. The number of guanidine groups is 1. The van der Waals surface area contributed by atoms with E-state index in [2.05, 4.69) is 27.8 Å². The highest BCUT2D eigenvalue weighted by Crippen LogP contribution is 2.27. The zero-order valence-electron chi connectivity index (χ0n) is 14.9. The fraction of sp³-hybridized carbons (Fsp3) is 0.316. The number of benzene rings is 2. The number of rotatable bonds is 7. The molecule has 25 heavy (non-hydrogen) atoms. The predicted molar refractivity (Wildman–Crippen MR) is 113 cm³/mol. The quantitative estimate of drug-likeness (QED) is 0.381. The molecular formula is C19H26IN3O2. The Morgan fingerprint density at radius 1 is 0.960 bits per heavy atom. The molecule has 0 atom stereocenters. The average Bonchev–Trinajstić information content (AvgIpc) is 2.64. The van der Waals surface area contributed by atoms with E-state index in [1.54, 1.807) is 14.2 Å². The molecule has 0 aromatic heterocycles. The lowest BCUT2D eigenvalue weighted by atomic mass is 10.2. The van der Waals surface area contributed by atoms with Gasteiger partial charge >= 0.3 is 0 Å². The van der Waals surface area contributed by atoms with Crippen molar-refractivity contribution in [2.75, 3.05) is 20.8 Å². The Bertz CT molecular complexity index is 663. The molecule has 2 rings (SSSR count). The third-order valence-electron chi connectivity index (χ3n) is 3.51. The van der Waals surface area contributed by atoms with Gasteiger partial charge in [0.1, 0.15) is 0 Å². The first-order chi connectivity index (χ1) is 11.8. The van der Waals surface area contributed by atoms with Gasteiger partial charge in [0.15, 0.2) is 17.5 Å². The van der Waals surface area contributed by atoms with Crippen molar-refractivity contribution >= 4 is 29.9 Å². The molecule has 6 heteroatoms. The molecule has 5 nitrogen and oxygen atoms in total. The van der Waals surface area contributed by atoms with Crippen molar-refractivity contribution in [1.82, 2.24) is 10.6 Å². The molecule has 0 unspecified atom stereocenters. The Morgan fingerprint density at radius 3 is 2.24 bits per heavy atom. The molecule has 0 fully saturated rings. The van der Waals surface area contributed by atoms with Crippen LogP contribution in [0.25, 0.3) is 0 Å². The first-order valence-electron chi connectivity index (χ1n) is 8.05. The lowest BCUT2D eigenvalue weighted by molar-refractivity contribution is 0.310. The number of hydrogen-bond donors (Lipinski definition) is 2. The lowest BCUT2D eigenvalue weighted by Crippen LogP contribution is -2.36. The fourth-order valence-electron chi connectivity index (χ4n) is 2.28. The summed E-state index contributed by atoms with van der Waals surface area (Å²) >= 11 is 0. The summed E-state index contributed by atoms with van der Waals surface area (Å²) in [4.78, 5) is 4.25. The zero-order valence-corrected chi connectivity index (χ0v) is 17.2. The van der Waals surface area contributed by atoms with Crippen LogP contribution in [0.15, 0.2) is 53.5 Å². The average molecular weight is 455 g/mol. The van der Waals surface area contributed by atoms with Gasteiger partial charge in [-0.1, -0.05) is 36.4 Å². The van der Waals surface area contributed by atoms with Crippen molar-refractivity contribution in [3.63, 3.8) is 0 Å². The Balaban J connectivity index is 0.00000312. The summed E-state index contributed by atoms with van der Waals surface area (Å²) in [6.45, 7) is 3.95. The van der Waals surface area contributed by atoms with Crippen LogP contribution < -0.4 is 20.1 Å². The van der Waals surface area contributed by atoms with Crippen LogP contribution in [0, 0.1) is 0 Å². The smallest absolute Gasteiger partial charge is 0.191 e. The Hall–Kier alpha value is -1.96. The minimum absolute atomic E-state index is 0. The molecule has 0 aliphatic rings. The summed E-state index contributed by atoms with van der Waals surface area (Å²) in [6.07, 6.45) is 0. The van der Waals surface area contributed by atoms with E-state index in [-0.39, 0.29) is 24.0 Å². The molecule has 0 saturated heterocycles. The molecule has 0 bridgehead atoms. The van der Waals surface area contributed by atoms with Gasteiger partial charge in [-0.25, -0.2) is 0 Å². The van der Waals surface area contributed by atoms with Gasteiger partial charge in [0.25, 0.3) is 0 Å². The summed E-state index contributed by atoms with van der Waals surface area (Å²) < 4.78 is 10.9. The van der Waals surface area contributed by atoms with Crippen molar-refractivity contribution in [2.45, 2.75) is 20.0 Å². The Kier molecular flexibility index (Phi) is 9.76. The van der Waals surface area contributed by atoms with E-state index in [1.165, 1.54) is 5.56 Å². The number of ether oxygens (including phenoxy) is 2. The highest BCUT2D eigenvalue weighted by Gasteiger charge is 2.06. The van der Waals surface area contributed by atoms with E-state index in [9.17, 15) is 0 Å². The Labute approximate surface area is 166 Å². The first kappa shape index (κ1) is 21.1. The van der Waals surface area contributed by atoms with Gasteiger partial charge < -0.3 is 20.1 Å². The van der Waals surface area contributed by atoms with E-state index in [4.69, 9.17) is 9.47 Å². The van der Waals surface area contributed by atoms with E-state index in [0.717, 1.165) is 29.6 Å². The molecule has 0 spiro atoms. The van der Waals surface area contributed by atoms with Crippen molar-refractivity contribution < 1.29 is 9.47 Å². The van der Waals surface area contributed by atoms with Crippen molar-refractivity contribution in [3.8, 4) is 11.5 Å². The molecule has 2 N–H and O–H groups in total. The third-order valence-corrected chi connectivity index (χ3v) is 3.51. The van der Waals surface area contributed by atoms with Crippen LogP contribution in [0.4, 0.5) is 0 Å². The van der Waals surface area contributed by atoms with Gasteiger partial charge in [-0.3, -0.25) is 4.99 Å². The summed E-state index contributed by atoms with van der Waals surface area (Å²) in [5, 5.41) is 6.60. The van der Waals surface area contributed by atoms with E-state index >= 15 is 0 Å². The number of nitrogens with one attached hydrogen (secondary N) is 2. The second-order valence-corrected chi connectivity index (χ2v) is 5.18. The molecule has 0 amide bonds. The predicted octanol–water partition coefficient (Wildman–Crippen LogP) is 3.58. The molecular weight excluding hydrogens is 429 g/mol. The molecule has 2 aromatic rings. The standard InChI is InChI=1S/C19H25N3O2.HI/c1-4-24-17-11-10-16(12-18(17)23-3)14-22-19(20-2)21-13-15-8-6-5-7-9-15;/h5-12H,4,13-14H2,1-3H3,(H2,20,21,22);1H. The molecule has 2 aromatic carbocycles. The maximum atomic E-state index is 5.54. The summed E-state index contributed by atoms with van der Waals surface area (Å²) in [7, 11) is 3.41. The van der Waals surface area contributed by atoms with Crippen LogP contribution in [-0.4, -0.2) is 26.7 Å². The number of halogens is 1. The van der Waals surface area contributed by atoms with Crippen molar-refractivity contribution in [2.24, 2.45) is 4.99 Å². The van der Waals surface area contributed by atoms with Gasteiger partial charge in [0.05, 0.1) is 13.7 Å². The van der Waals surface area contributed by atoms with Crippen LogP contribution in [0.2, 0.25) is 0 Å². The van der Waals surface area contributed by atoms with Crippen LogP contribution in [0.5, 0.6) is 11.5 Å². The topological polar surface area (TPSA) is 54.9 Å². The van der Waals surface area contributed by atoms with E-state index < -0.39 is 0 Å². The highest BCUT2D eigenvalue weighted by molar-refractivity contribution is 14.0.